The van der Waals surface area contributed by atoms with Crippen LogP contribution in [-0.2, 0) is 16.4 Å². The normalized spacial score (nSPS) is 14.4. The molecule has 41 heavy (non-hydrogen) atoms. The first kappa shape index (κ1) is 28.3. The molecule has 0 saturated carbocycles. The zero-order valence-electron chi connectivity index (χ0n) is 22.6. The fraction of sp³-hybridized carbons (Fsp3) is 0.226. The van der Waals surface area contributed by atoms with E-state index in [1.165, 1.54) is 24.3 Å². The summed E-state index contributed by atoms with van der Waals surface area (Å²) < 4.78 is 42.4. The Labute approximate surface area is 239 Å². The van der Waals surface area contributed by atoms with Gasteiger partial charge in [0.15, 0.2) is 9.84 Å². The molecule has 0 spiro atoms. The summed E-state index contributed by atoms with van der Waals surface area (Å²) in [6.45, 7) is 2.34. The van der Waals surface area contributed by atoms with E-state index in [-0.39, 0.29) is 22.8 Å². The third kappa shape index (κ3) is 7.47. The number of aromatic nitrogens is 1. The maximum absolute atomic E-state index is 13.4. The number of nitrogens with zero attached hydrogens (tertiary/aromatic N) is 3. The molecule has 10 heteroatoms. The highest BCUT2D eigenvalue weighted by Gasteiger charge is 2.29. The van der Waals surface area contributed by atoms with E-state index in [0.29, 0.717) is 17.3 Å². The van der Waals surface area contributed by atoms with Crippen molar-refractivity contribution in [2.75, 3.05) is 29.6 Å². The van der Waals surface area contributed by atoms with E-state index >= 15 is 0 Å². The van der Waals surface area contributed by atoms with Gasteiger partial charge < -0.3 is 10.1 Å². The van der Waals surface area contributed by atoms with Crippen LogP contribution in [0.3, 0.4) is 0 Å². The molecule has 0 unspecified atom stereocenters. The van der Waals surface area contributed by atoms with Gasteiger partial charge in [0.25, 0.3) is 0 Å². The molecule has 2 heterocycles. The summed E-state index contributed by atoms with van der Waals surface area (Å²) in [7, 11) is -3.26. The number of piperidine rings is 1. The number of carbonyl (C=O) groups excluding carboxylic acids is 1. The van der Waals surface area contributed by atoms with Gasteiger partial charge in [0, 0.05) is 55.6 Å². The number of sulfone groups is 1. The number of anilines is 2. The summed E-state index contributed by atoms with van der Waals surface area (Å²) in [4.78, 5) is 22.1. The maximum Gasteiger partial charge on any atom is 0.326 e. The molecule has 0 atom stereocenters. The second kappa shape index (κ2) is 12.5. The quantitative estimate of drug-likeness (QED) is 0.273. The van der Waals surface area contributed by atoms with Crippen molar-refractivity contribution in [1.82, 2.24) is 9.88 Å². The molecule has 0 bridgehead atoms. The van der Waals surface area contributed by atoms with Crippen molar-refractivity contribution in [3.05, 3.63) is 109 Å². The number of hydrogen-bond donors (Lipinski definition) is 1. The third-order valence-electron chi connectivity index (χ3n) is 6.95. The first-order valence-electron chi connectivity index (χ1n) is 13.3. The molecule has 1 aromatic heterocycles. The van der Waals surface area contributed by atoms with Gasteiger partial charge in [-0.25, -0.2) is 22.6 Å². The lowest BCUT2D eigenvalue weighted by Gasteiger charge is -2.38. The summed E-state index contributed by atoms with van der Waals surface area (Å²) in [5, 5.41) is 2.91. The molecule has 2 amide bonds. The van der Waals surface area contributed by atoms with Crippen LogP contribution in [0, 0.1) is 5.82 Å². The van der Waals surface area contributed by atoms with Crippen molar-refractivity contribution in [3.63, 3.8) is 0 Å². The Balaban J connectivity index is 1.18. The summed E-state index contributed by atoms with van der Waals surface area (Å²) >= 11 is 0. The van der Waals surface area contributed by atoms with Crippen LogP contribution in [0.5, 0.6) is 11.6 Å². The summed E-state index contributed by atoms with van der Waals surface area (Å²) in [6, 6.07) is 25.1. The third-order valence-corrected chi connectivity index (χ3v) is 8.08. The molecular weight excluding hydrogens is 543 g/mol. The molecule has 1 aliphatic heterocycles. The van der Waals surface area contributed by atoms with E-state index in [4.69, 9.17) is 4.74 Å². The van der Waals surface area contributed by atoms with E-state index in [0.717, 1.165) is 50.0 Å². The predicted molar refractivity (Wildman–Crippen MR) is 157 cm³/mol. The molecule has 1 saturated heterocycles. The molecule has 5 rings (SSSR count). The fourth-order valence-electron chi connectivity index (χ4n) is 4.83. The minimum atomic E-state index is -3.26. The number of rotatable bonds is 8. The standard InChI is InChI=1S/C31H31FN4O4S/c1-41(38,39)29-14-12-28(13-15-29)40-30-16-7-23(21-33-30)22-35-19-17-27(18-20-35)36(26-5-3-2-4-6-26)31(37)34-25-10-8-24(32)9-11-25/h2-16,21,27H,17-20,22H2,1H3,(H,34,37). The van der Waals surface area contributed by atoms with Gasteiger partial charge in [-0.15, -0.1) is 0 Å². The summed E-state index contributed by atoms with van der Waals surface area (Å²) in [5.41, 5.74) is 2.40. The zero-order valence-corrected chi connectivity index (χ0v) is 23.4. The number of ether oxygens (including phenoxy) is 1. The maximum atomic E-state index is 13.4. The van der Waals surface area contributed by atoms with Gasteiger partial charge in [0.05, 0.1) is 4.90 Å². The van der Waals surface area contributed by atoms with Gasteiger partial charge >= 0.3 is 6.03 Å². The minimum absolute atomic E-state index is 0.0112. The first-order chi connectivity index (χ1) is 19.7. The minimum Gasteiger partial charge on any atom is -0.439 e. The Bertz CT molecular complexity index is 1560. The number of para-hydroxylation sites is 1. The first-order valence-corrected chi connectivity index (χ1v) is 15.2. The molecule has 1 N–H and O–H groups in total. The SMILES string of the molecule is CS(=O)(=O)c1ccc(Oc2ccc(CN3CCC(N(C(=O)Nc4ccc(F)cc4)c4ccccc4)CC3)cn2)cc1. The van der Waals surface area contributed by atoms with Crippen molar-refractivity contribution in [3.8, 4) is 11.6 Å². The zero-order chi connectivity index (χ0) is 28.8. The molecule has 212 valence electrons. The lowest BCUT2D eigenvalue weighted by atomic mass is 10.0. The molecule has 1 aliphatic rings. The number of pyridine rings is 1. The number of amides is 2. The molecule has 0 radical (unpaired) electrons. The molecule has 1 fully saturated rings. The largest absolute Gasteiger partial charge is 0.439 e. The van der Waals surface area contributed by atoms with Gasteiger partial charge in [-0.3, -0.25) is 9.80 Å². The Morgan fingerprint density at radius 1 is 0.976 bits per heavy atom. The number of urea groups is 1. The van der Waals surface area contributed by atoms with E-state index in [1.54, 1.807) is 41.4 Å². The smallest absolute Gasteiger partial charge is 0.326 e. The van der Waals surface area contributed by atoms with Gasteiger partial charge in [-0.05, 0) is 79.1 Å². The number of nitrogens with one attached hydrogen (secondary N) is 1. The highest BCUT2D eigenvalue weighted by molar-refractivity contribution is 7.90. The van der Waals surface area contributed by atoms with Crippen LogP contribution in [0.1, 0.15) is 18.4 Å². The van der Waals surface area contributed by atoms with Gasteiger partial charge in [-0.2, -0.15) is 0 Å². The van der Waals surface area contributed by atoms with Gasteiger partial charge in [0.2, 0.25) is 5.88 Å². The van der Waals surface area contributed by atoms with Crippen molar-refractivity contribution >= 4 is 27.2 Å². The summed E-state index contributed by atoms with van der Waals surface area (Å²) in [6.07, 6.45) is 4.53. The Morgan fingerprint density at radius 3 is 2.27 bits per heavy atom. The Morgan fingerprint density at radius 2 is 1.66 bits per heavy atom. The average molecular weight is 575 g/mol. The molecule has 4 aromatic rings. The Hall–Kier alpha value is -4.28. The predicted octanol–water partition coefficient (Wildman–Crippen LogP) is 6.12. The van der Waals surface area contributed by atoms with Crippen molar-refractivity contribution in [2.24, 2.45) is 0 Å². The van der Waals surface area contributed by atoms with E-state index in [2.05, 4.69) is 15.2 Å². The molecule has 0 aliphatic carbocycles. The van der Waals surface area contributed by atoms with Crippen LogP contribution in [0.4, 0.5) is 20.6 Å². The van der Waals surface area contributed by atoms with Gasteiger partial charge in [0.1, 0.15) is 11.6 Å². The fourth-order valence-corrected chi connectivity index (χ4v) is 5.46. The second-order valence-corrected chi connectivity index (χ2v) is 12.0. The summed E-state index contributed by atoms with van der Waals surface area (Å²) in [5.74, 6) is 0.574. The van der Waals surface area contributed by atoms with Crippen LogP contribution < -0.4 is 15.0 Å². The van der Waals surface area contributed by atoms with Crippen LogP contribution in [0.15, 0.2) is 102 Å². The number of likely N-dealkylation sites (tertiary alicyclic amines) is 1. The van der Waals surface area contributed by atoms with Crippen molar-refractivity contribution in [1.29, 1.82) is 0 Å². The van der Waals surface area contributed by atoms with E-state index in [1.807, 2.05) is 36.4 Å². The molecule has 8 nitrogen and oxygen atoms in total. The second-order valence-electron chi connectivity index (χ2n) is 10.0. The van der Waals surface area contributed by atoms with Crippen LogP contribution in [-0.4, -0.2) is 49.7 Å². The van der Waals surface area contributed by atoms with E-state index in [9.17, 15) is 17.6 Å². The Kier molecular flexibility index (Phi) is 8.61. The lowest BCUT2D eigenvalue weighted by Crippen LogP contribution is -2.49. The van der Waals surface area contributed by atoms with Crippen LogP contribution in [0.25, 0.3) is 0 Å². The number of halogens is 1. The monoisotopic (exact) mass is 574 g/mol. The lowest BCUT2D eigenvalue weighted by molar-refractivity contribution is 0.199. The molecular formula is C31H31FN4O4S. The highest BCUT2D eigenvalue weighted by Crippen LogP contribution is 2.26. The number of carbonyl (C=O) groups is 1. The van der Waals surface area contributed by atoms with Gasteiger partial charge in [-0.1, -0.05) is 24.3 Å². The average Bonchev–Trinajstić information content (AvgIpc) is 2.97. The number of benzene rings is 3. The van der Waals surface area contributed by atoms with Crippen LogP contribution >= 0.6 is 0 Å². The number of hydrogen-bond acceptors (Lipinski definition) is 6. The van der Waals surface area contributed by atoms with Crippen molar-refractivity contribution < 1.29 is 22.3 Å². The van der Waals surface area contributed by atoms with Crippen molar-refractivity contribution in [2.45, 2.75) is 30.3 Å². The molecule has 3 aromatic carbocycles. The van der Waals surface area contributed by atoms with E-state index < -0.39 is 9.84 Å². The topological polar surface area (TPSA) is 91.8 Å². The van der Waals surface area contributed by atoms with Crippen LogP contribution in [0.2, 0.25) is 0 Å². The highest BCUT2D eigenvalue weighted by atomic mass is 32.2.